The van der Waals surface area contributed by atoms with Crippen LogP contribution in [-0.4, -0.2) is 63.7 Å². The molecule has 1 heterocycles. The molecule has 3 saturated carbocycles. The molecule has 12 atom stereocenters. The molecule has 0 aromatic rings. The number of fused-ring (bicyclic) bond motifs is 7. The monoisotopic (exact) mass is 586 g/mol. The zero-order chi connectivity index (χ0) is 30.6. The van der Waals surface area contributed by atoms with E-state index >= 15 is 0 Å². The number of aliphatic hydroxyl groups excluding tert-OH is 3. The standard InChI is InChI=1S/C35H54O7/c1-19-10-15-35(30(39)40)17-16-33(6)21(26(35)20(19)2)8-9-24-32(5)13-12-25(31(3,4)23(32)11-14-34(24,33)7)42-29-28(38)27(37)22(36)18-41-29/h8,19,22-25,27-29,36-38H,9-18H2,1-7H3,(H,39,40)/t19-,22+,23+,24-,25+,27+,28-,29+,32+,33-,34-,35+/m1/s1. The second-order valence-corrected chi connectivity index (χ2v) is 16.4. The van der Waals surface area contributed by atoms with Gasteiger partial charge in [0.1, 0.15) is 18.3 Å². The van der Waals surface area contributed by atoms with Crippen LogP contribution in [0.25, 0.3) is 0 Å². The number of rotatable bonds is 3. The summed E-state index contributed by atoms with van der Waals surface area (Å²) in [5, 5.41) is 41.3. The predicted molar refractivity (Wildman–Crippen MR) is 159 cm³/mol. The highest BCUT2D eigenvalue weighted by molar-refractivity contribution is 5.82. The van der Waals surface area contributed by atoms with Gasteiger partial charge < -0.3 is 29.9 Å². The van der Waals surface area contributed by atoms with E-state index in [2.05, 4.69) is 54.5 Å². The number of aliphatic hydroxyl groups is 3. The Labute approximate surface area is 251 Å². The largest absolute Gasteiger partial charge is 0.481 e. The summed E-state index contributed by atoms with van der Waals surface area (Å²) in [4.78, 5) is 12.9. The van der Waals surface area contributed by atoms with Crippen molar-refractivity contribution in [2.24, 2.45) is 44.8 Å². The number of ether oxygens (including phenoxy) is 2. The Hall–Kier alpha value is -1.25. The van der Waals surface area contributed by atoms with E-state index < -0.39 is 36.0 Å². The average Bonchev–Trinajstić information content (AvgIpc) is 2.92. The fourth-order valence-corrected chi connectivity index (χ4v) is 11.5. The summed E-state index contributed by atoms with van der Waals surface area (Å²) >= 11 is 0. The van der Waals surface area contributed by atoms with Crippen LogP contribution in [0.5, 0.6) is 0 Å². The van der Waals surface area contributed by atoms with Crippen molar-refractivity contribution in [1.29, 1.82) is 0 Å². The number of hydrogen-bond donors (Lipinski definition) is 4. The van der Waals surface area contributed by atoms with Gasteiger partial charge in [-0.15, -0.1) is 0 Å². The molecule has 0 bridgehead atoms. The van der Waals surface area contributed by atoms with Crippen LogP contribution in [0.2, 0.25) is 0 Å². The maximum atomic E-state index is 12.9. The summed E-state index contributed by atoms with van der Waals surface area (Å²) in [6, 6.07) is 0. The van der Waals surface area contributed by atoms with Crippen LogP contribution in [0, 0.1) is 44.8 Å². The lowest BCUT2D eigenvalue weighted by Gasteiger charge is -2.70. The Morgan fingerprint density at radius 3 is 2.33 bits per heavy atom. The van der Waals surface area contributed by atoms with Gasteiger partial charge in [-0.3, -0.25) is 4.79 Å². The molecule has 7 heteroatoms. The molecule has 5 aliphatic carbocycles. The first kappa shape index (κ1) is 30.8. The SMILES string of the molecule is CC1=C2C3=CC[C@@H]4[C@@]5(C)CC[C@H](O[C@@H]6OC[C@H](O)[C@H](O)[C@H]6O)C(C)(C)[C@@H]5CC[C@@]4(C)[C@]3(C)CC[C@@]2(C(=O)O)CC[C@H]1C. The topological polar surface area (TPSA) is 116 Å². The van der Waals surface area contributed by atoms with E-state index in [-0.39, 0.29) is 34.4 Å². The van der Waals surface area contributed by atoms with Crippen LogP contribution >= 0.6 is 0 Å². The minimum Gasteiger partial charge on any atom is -0.481 e. The third kappa shape index (κ3) is 3.92. The van der Waals surface area contributed by atoms with E-state index in [1.54, 1.807) is 0 Å². The molecular weight excluding hydrogens is 532 g/mol. The van der Waals surface area contributed by atoms with E-state index in [1.165, 1.54) is 16.7 Å². The van der Waals surface area contributed by atoms with Crippen molar-refractivity contribution in [1.82, 2.24) is 0 Å². The molecule has 0 aromatic heterocycles. The van der Waals surface area contributed by atoms with Crippen molar-refractivity contribution in [3.05, 3.63) is 22.8 Å². The molecule has 42 heavy (non-hydrogen) atoms. The van der Waals surface area contributed by atoms with Crippen LogP contribution in [0.15, 0.2) is 22.8 Å². The van der Waals surface area contributed by atoms with Crippen LogP contribution in [0.4, 0.5) is 0 Å². The zero-order valence-corrected chi connectivity index (χ0v) is 26.8. The third-order valence-corrected chi connectivity index (χ3v) is 14.5. The second kappa shape index (κ2) is 9.87. The minimum absolute atomic E-state index is 0.0529. The number of allylic oxidation sites excluding steroid dienone is 3. The molecule has 0 spiro atoms. The fraction of sp³-hybridized carbons (Fsp3) is 0.857. The molecule has 0 radical (unpaired) electrons. The van der Waals surface area contributed by atoms with Gasteiger partial charge in [-0.05, 0) is 115 Å². The summed E-state index contributed by atoms with van der Waals surface area (Å²) in [6.45, 7) is 16.5. The van der Waals surface area contributed by atoms with Gasteiger partial charge in [0.2, 0.25) is 0 Å². The smallest absolute Gasteiger partial charge is 0.314 e. The van der Waals surface area contributed by atoms with Gasteiger partial charge in [-0.25, -0.2) is 0 Å². The molecule has 0 unspecified atom stereocenters. The maximum absolute atomic E-state index is 12.9. The van der Waals surface area contributed by atoms with Crippen molar-refractivity contribution >= 4 is 5.97 Å². The third-order valence-electron chi connectivity index (χ3n) is 14.5. The molecule has 236 valence electrons. The molecular formula is C35H54O7. The van der Waals surface area contributed by atoms with Gasteiger partial charge in [0.15, 0.2) is 6.29 Å². The molecule has 4 N–H and O–H groups in total. The second-order valence-electron chi connectivity index (χ2n) is 16.4. The van der Waals surface area contributed by atoms with Crippen LogP contribution < -0.4 is 0 Å². The molecule has 6 aliphatic rings. The first-order valence-electron chi connectivity index (χ1n) is 16.5. The Morgan fingerprint density at radius 1 is 0.929 bits per heavy atom. The van der Waals surface area contributed by atoms with Crippen molar-refractivity contribution in [3.8, 4) is 0 Å². The Balaban J connectivity index is 1.33. The van der Waals surface area contributed by atoms with Crippen molar-refractivity contribution < 1.29 is 34.7 Å². The number of carboxylic acids is 1. The molecule has 1 saturated heterocycles. The number of aliphatic carboxylic acids is 1. The van der Waals surface area contributed by atoms with Crippen molar-refractivity contribution in [2.75, 3.05) is 6.61 Å². The highest BCUT2D eigenvalue weighted by Gasteiger charge is 2.68. The van der Waals surface area contributed by atoms with Gasteiger partial charge in [0.05, 0.1) is 18.1 Å². The summed E-state index contributed by atoms with van der Waals surface area (Å²) in [5.41, 5.74) is 3.00. The number of carbonyl (C=O) groups is 1. The lowest BCUT2D eigenvalue weighted by Crippen LogP contribution is -2.65. The number of carboxylic acid groups (broad SMARTS) is 1. The lowest BCUT2D eigenvalue weighted by atomic mass is 9.34. The quantitative estimate of drug-likeness (QED) is 0.317. The first-order chi connectivity index (χ1) is 19.5. The normalized spacial score (nSPS) is 51.9. The van der Waals surface area contributed by atoms with Gasteiger partial charge >= 0.3 is 5.97 Å². The van der Waals surface area contributed by atoms with E-state index in [9.17, 15) is 25.2 Å². The minimum atomic E-state index is -1.28. The Kier molecular flexibility index (Phi) is 7.23. The van der Waals surface area contributed by atoms with Crippen LogP contribution in [-0.2, 0) is 14.3 Å². The molecule has 6 rings (SSSR count). The Bertz CT molecular complexity index is 1190. The zero-order valence-electron chi connectivity index (χ0n) is 26.8. The lowest BCUT2D eigenvalue weighted by molar-refractivity contribution is -0.308. The summed E-state index contributed by atoms with van der Waals surface area (Å²) in [6.07, 6.45) is 6.07. The predicted octanol–water partition coefficient (Wildman–Crippen LogP) is 5.62. The average molecular weight is 587 g/mol. The first-order valence-corrected chi connectivity index (χ1v) is 16.5. The maximum Gasteiger partial charge on any atom is 0.314 e. The van der Waals surface area contributed by atoms with Crippen LogP contribution in [0.1, 0.15) is 106 Å². The van der Waals surface area contributed by atoms with Gasteiger partial charge in [-0.1, -0.05) is 53.2 Å². The van der Waals surface area contributed by atoms with Crippen LogP contribution in [0.3, 0.4) is 0 Å². The van der Waals surface area contributed by atoms with Crippen molar-refractivity contribution in [3.63, 3.8) is 0 Å². The highest BCUT2D eigenvalue weighted by atomic mass is 16.7. The van der Waals surface area contributed by atoms with Gasteiger partial charge in [0, 0.05) is 0 Å². The van der Waals surface area contributed by atoms with Gasteiger partial charge in [0.25, 0.3) is 0 Å². The summed E-state index contributed by atoms with van der Waals surface area (Å²) < 4.78 is 12.1. The van der Waals surface area contributed by atoms with E-state index in [1.807, 2.05) is 0 Å². The molecule has 4 fully saturated rings. The molecule has 7 nitrogen and oxygen atoms in total. The molecule has 0 aromatic carbocycles. The summed E-state index contributed by atoms with van der Waals surface area (Å²) in [7, 11) is 0. The van der Waals surface area contributed by atoms with Crippen molar-refractivity contribution in [2.45, 2.75) is 137 Å². The number of hydrogen-bond acceptors (Lipinski definition) is 6. The van der Waals surface area contributed by atoms with Gasteiger partial charge in [-0.2, -0.15) is 0 Å². The van der Waals surface area contributed by atoms with E-state index in [4.69, 9.17) is 9.47 Å². The van der Waals surface area contributed by atoms with E-state index in [0.717, 1.165) is 57.8 Å². The summed E-state index contributed by atoms with van der Waals surface area (Å²) in [5.74, 6) is 0.671. The van der Waals surface area contributed by atoms with E-state index in [0.29, 0.717) is 17.8 Å². The highest BCUT2D eigenvalue weighted by Crippen LogP contribution is 2.75. The Morgan fingerprint density at radius 2 is 1.64 bits per heavy atom. The fourth-order valence-electron chi connectivity index (χ4n) is 11.5. The molecule has 0 amide bonds. The molecule has 1 aliphatic heterocycles.